The third-order valence-electron chi connectivity index (χ3n) is 5.06. The van der Waals surface area contributed by atoms with Crippen LogP contribution in [0.5, 0.6) is 0 Å². The first-order valence-electron chi connectivity index (χ1n) is 9.42. The summed E-state index contributed by atoms with van der Waals surface area (Å²) < 4.78 is 2.08. The summed E-state index contributed by atoms with van der Waals surface area (Å²) in [6.45, 7) is 0. The lowest BCUT2D eigenvalue weighted by Crippen LogP contribution is -2.44. The molecule has 5 rings (SSSR count). The van der Waals surface area contributed by atoms with Crippen molar-refractivity contribution in [3.8, 4) is 16.5 Å². The Morgan fingerprint density at radius 2 is 1.83 bits per heavy atom. The second-order valence-electron chi connectivity index (χ2n) is 6.94. The van der Waals surface area contributed by atoms with Crippen molar-refractivity contribution in [2.75, 3.05) is 0 Å². The normalized spacial score (nSPS) is 18.2. The monoisotopic (exact) mass is 402 g/mol. The van der Waals surface area contributed by atoms with Crippen molar-refractivity contribution in [2.45, 2.75) is 24.8 Å². The van der Waals surface area contributed by atoms with Gasteiger partial charge in [-0.2, -0.15) is 0 Å². The molecule has 1 saturated carbocycles. The van der Waals surface area contributed by atoms with E-state index in [1.54, 1.807) is 35.9 Å². The number of hydrogen-bond acceptors (Lipinski definition) is 6. The molecule has 1 fully saturated rings. The Labute approximate surface area is 171 Å². The number of para-hydroxylation sites is 1. The van der Waals surface area contributed by atoms with Gasteiger partial charge >= 0.3 is 0 Å². The average Bonchev–Trinajstić information content (AvgIpc) is 3.41. The molecular formula is C21H18N6OS. The van der Waals surface area contributed by atoms with E-state index in [1.165, 1.54) is 0 Å². The summed E-state index contributed by atoms with van der Waals surface area (Å²) in [7, 11) is 0. The fourth-order valence-corrected chi connectivity index (χ4v) is 4.18. The van der Waals surface area contributed by atoms with Gasteiger partial charge in [0.1, 0.15) is 11.5 Å². The Balaban J connectivity index is 1.37. The third kappa shape index (κ3) is 3.42. The van der Waals surface area contributed by atoms with Gasteiger partial charge in [-0.25, -0.2) is 4.98 Å². The highest BCUT2D eigenvalue weighted by atomic mass is 32.1. The van der Waals surface area contributed by atoms with E-state index in [0.29, 0.717) is 5.69 Å². The average molecular weight is 402 g/mol. The minimum absolute atomic E-state index is 0.110. The number of nitrogens with one attached hydrogen (secondary N) is 1. The molecule has 0 atom stereocenters. The van der Waals surface area contributed by atoms with Crippen LogP contribution in [-0.2, 0) is 0 Å². The summed E-state index contributed by atoms with van der Waals surface area (Å²) >= 11 is 1.54. The van der Waals surface area contributed by atoms with Crippen molar-refractivity contribution in [1.82, 2.24) is 30.0 Å². The van der Waals surface area contributed by atoms with Crippen LogP contribution >= 0.6 is 11.3 Å². The lowest BCUT2D eigenvalue weighted by atomic mass is 9.79. The van der Waals surface area contributed by atoms with Gasteiger partial charge in [0.2, 0.25) is 0 Å². The molecule has 1 aromatic carbocycles. The van der Waals surface area contributed by atoms with Crippen molar-refractivity contribution >= 4 is 17.2 Å². The Morgan fingerprint density at radius 3 is 2.55 bits per heavy atom. The van der Waals surface area contributed by atoms with Crippen molar-refractivity contribution < 1.29 is 4.79 Å². The summed E-state index contributed by atoms with van der Waals surface area (Å²) in [5.74, 6) is 1.75. The Kier molecular flexibility index (Phi) is 4.61. The quantitative estimate of drug-likeness (QED) is 0.552. The number of aromatic nitrogens is 5. The summed E-state index contributed by atoms with van der Waals surface area (Å²) in [6, 6.07) is 15.5. The summed E-state index contributed by atoms with van der Waals surface area (Å²) in [5.41, 5.74) is 1.45. The molecule has 0 saturated heterocycles. The Hall–Kier alpha value is -3.39. The Bertz CT molecular complexity index is 1100. The second-order valence-corrected chi connectivity index (χ2v) is 7.84. The minimum atomic E-state index is -0.137. The molecule has 0 radical (unpaired) electrons. The zero-order valence-corrected chi connectivity index (χ0v) is 16.3. The molecule has 8 heteroatoms. The van der Waals surface area contributed by atoms with Gasteiger partial charge in [0.15, 0.2) is 10.8 Å². The molecule has 3 heterocycles. The number of benzene rings is 1. The largest absolute Gasteiger partial charge is 0.348 e. The van der Waals surface area contributed by atoms with Crippen molar-refractivity contribution in [3.05, 3.63) is 77.8 Å². The van der Waals surface area contributed by atoms with E-state index in [2.05, 4.69) is 30.0 Å². The van der Waals surface area contributed by atoms with Crippen molar-refractivity contribution in [2.24, 2.45) is 0 Å². The van der Waals surface area contributed by atoms with Gasteiger partial charge in [0.05, 0.1) is 0 Å². The predicted octanol–water partition coefficient (Wildman–Crippen LogP) is 3.46. The van der Waals surface area contributed by atoms with E-state index in [-0.39, 0.29) is 17.9 Å². The van der Waals surface area contributed by atoms with Crippen LogP contribution in [0.4, 0.5) is 0 Å². The molecule has 0 aliphatic heterocycles. The number of hydrogen-bond donors (Lipinski definition) is 1. The maximum absolute atomic E-state index is 12.3. The number of amides is 1. The van der Waals surface area contributed by atoms with Gasteiger partial charge in [-0.05, 0) is 37.1 Å². The number of pyridine rings is 1. The zero-order valence-electron chi connectivity index (χ0n) is 15.5. The first kappa shape index (κ1) is 17.7. The predicted molar refractivity (Wildman–Crippen MR) is 110 cm³/mol. The lowest BCUT2D eigenvalue weighted by Gasteiger charge is -2.35. The zero-order chi connectivity index (χ0) is 19.6. The molecule has 29 heavy (non-hydrogen) atoms. The molecule has 1 N–H and O–H groups in total. The molecule has 1 aliphatic rings. The van der Waals surface area contributed by atoms with Gasteiger partial charge in [0.25, 0.3) is 5.91 Å². The van der Waals surface area contributed by atoms with Crippen LogP contribution in [0.15, 0.2) is 66.3 Å². The van der Waals surface area contributed by atoms with Crippen LogP contribution in [-0.4, -0.2) is 36.7 Å². The van der Waals surface area contributed by atoms with Crippen LogP contribution in [0.1, 0.15) is 35.1 Å². The molecule has 0 unspecified atom stereocenters. The number of carbonyl (C=O) groups excluding carboxylic acids is 1. The smallest absolute Gasteiger partial charge is 0.270 e. The molecule has 0 bridgehead atoms. The maximum atomic E-state index is 12.3. The van der Waals surface area contributed by atoms with Gasteiger partial charge in [-0.3, -0.25) is 14.3 Å². The van der Waals surface area contributed by atoms with Gasteiger partial charge in [-0.1, -0.05) is 24.3 Å². The molecule has 1 aliphatic carbocycles. The molecule has 3 aromatic heterocycles. The number of nitrogens with zero attached hydrogens (tertiary/aromatic N) is 5. The number of carbonyl (C=O) groups is 1. The van der Waals surface area contributed by atoms with E-state index in [9.17, 15) is 4.79 Å². The summed E-state index contributed by atoms with van der Waals surface area (Å²) in [5, 5.41) is 14.8. The van der Waals surface area contributed by atoms with Gasteiger partial charge in [0, 0.05) is 35.4 Å². The van der Waals surface area contributed by atoms with Crippen LogP contribution in [0.2, 0.25) is 0 Å². The number of rotatable bonds is 5. The van der Waals surface area contributed by atoms with Crippen LogP contribution < -0.4 is 5.32 Å². The van der Waals surface area contributed by atoms with Crippen LogP contribution in [0.25, 0.3) is 16.5 Å². The molecule has 144 valence electrons. The fourth-order valence-electron chi connectivity index (χ4n) is 3.57. The van der Waals surface area contributed by atoms with E-state index in [0.717, 1.165) is 35.2 Å². The SMILES string of the molecule is O=C(NC1CC(c2nnc(-c3nccs3)n2-c2ccccc2)C1)c1ccccn1. The van der Waals surface area contributed by atoms with E-state index in [4.69, 9.17) is 0 Å². The van der Waals surface area contributed by atoms with Gasteiger partial charge < -0.3 is 5.32 Å². The first-order valence-corrected chi connectivity index (χ1v) is 10.3. The van der Waals surface area contributed by atoms with Crippen LogP contribution in [0, 0.1) is 0 Å². The second kappa shape index (κ2) is 7.56. The topological polar surface area (TPSA) is 85.6 Å². The molecular weight excluding hydrogens is 384 g/mol. The summed E-state index contributed by atoms with van der Waals surface area (Å²) in [6.07, 6.45) is 5.04. The summed E-state index contributed by atoms with van der Waals surface area (Å²) in [4.78, 5) is 20.8. The highest BCUT2D eigenvalue weighted by Gasteiger charge is 2.36. The highest BCUT2D eigenvalue weighted by molar-refractivity contribution is 7.13. The minimum Gasteiger partial charge on any atom is -0.348 e. The standard InChI is InChI=1S/C21H18N6OS/c28-20(17-8-4-5-9-22-17)24-15-12-14(13-15)18-25-26-19(21-23-10-11-29-21)27(18)16-6-2-1-3-7-16/h1-11,14-15H,12-13H2,(H,24,28). The van der Waals surface area contributed by atoms with E-state index in [1.807, 2.05) is 41.8 Å². The number of thiazole rings is 1. The highest BCUT2D eigenvalue weighted by Crippen LogP contribution is 2.38. The van der Waals surface area contributed by atoms with Gasteiger partial charge in [-0.15, -0.1) is 21.5 Å². The van der Waals surface area contributed by atoms with E-state index >= 15 is 0 Å². The molecule has 7 nitrogen and oxygen atoms in total. The lowest BCUT2D eigenvalue weighted by molar-refractivity contribution is 0.0902. The van der Waals surface area contributed by atoms with Crippen LogP contribution in [0.3, 0.4) is 0 Å². The molecule has 0 spiro atoms. The third-order valence-corrected chi connectivity index (χ3v) is 5.83. The van der Waals surface area contributed by atoms with Crippen molar-refractivity contribution in [3.63, 3.8) is 0 Å². The first-order chi connectivity index (χ1) is 14.3. The Morgan fingerprint density at radius 1 is 1.00 bits per heavy atom. The fraction of sp³-hybridized carbons (Fsp3) is 0.190. The van der Waals surface area contributed by atoms with Crippen molar-refractivity contribution in [1.29, 1.82) is 0 Å². The van der Waals surface area contributed by atoms with E-state index < -0.39 is 0 Å². The maximum Gasteiger partial charge on any atom is 0.270 e. The molecule has 1 amide bonds. The molecule has 4 aromatic rings.